The molecular weight excluding hydrogens is 532 g/mol. The van der Waals surface area contributed by atoms with Crippen molar-refractivity contribution in [1.82, 2.24) is 25.3 Å². The summed E-state index contributed by atoms with van der Waals surface area (Å²) in [5.41, 5.74) is 0.131. The molecule has 10 heteroatoms. The van der Waals surface area contributed by atoms with Crippen LogP contribution in [0.4, 0.5) is 13.2 Å². The van der Waals surface area contributed by atoms with Crippen LogP contribution in [0.3, 0.4) is 0 Å². The Morgan fingerprint density at radius 1 is 1.12 bits per heavy atom. The summed E-state index contributed by atoms with van der Waals surface area (Å²) in [5.74, 6) is 0.818. The van der Waals surface area contributed by atoms with E-state index in [1.165, 1.54) is 12.1 Å². The van der Waals surface area contributed by atoms with Crippen molar-refractivity contribution in [3.63, 3.8) is 0 Å². The van der Waals surface area contributed by atoms with Crippen LogP contribution < -0.4 is 10.6 Å². The van der Waals surface area contributed by atoms with Gasteiger partial charge in [-0.1, -0.05) is 18.2 Å². The molecule has 0 radical (unpaired) electrons. The van der Waals surface area contributed by atoms with Crippen molar-refractivity contribution < 1.29 is 13.2 Å². The van der Waals surface area contributed by atoms with Crippen LogP contribution in [0.1, 0.15) is 24.0 Å². The number of guanidine groups is 1. The number of hydrogen-bond donors (Lipinski definition) is 2. The van der Waals surface area contributed by atoms with E-state index in [2.05, 4.69) is 44.4 Å². The van der Waals surface area contributed by atoms with Gasteiger partial charge in [-0.05, 0) is 38.6 Å². The molecule has 2 saturated heterocycles. The monoisotopic (exact) mass is 568 g/mol. The van der Waals surface area contributed by atoms with Gasteiger partial charge in [-0.3, -0.25) is 14.8 Å². The number of likely N-dealkylation sites (tertiary alicyclic amines) is 1. The Bertz CT molecular complexity index is 737. The lowest BCUT2D eigenvalue weighted by atomic mass is 10.0. The third-order valence-electron chi connectivity index (χ3n) is 6.30. The number of nitrogens with zero attached hydrogens (tertiary/aromatic N) is 4. The fraction of sp³-hybridized carbons (Fsp3) is 0.682. The molecule has 2 heterocycles. The summed E-state index contributed by atoms with van der Waals surface area (Å²) < 4.78 is 38.8. The van der Waals surface area contributed by atoms with Gasteiger partial charge in [-0.2, -0.15) is 13.2 Å². The highest BCUT2D eigenvalue weighted by molar-refractivity contribution is 14.0. The number of likely N-dealkylation sites (N-methyl/N-ethyl adjacent to an activating group) is 2. The summed E-state index contributed by atoms with van der Waals surface area (Å²) in [5, 5.41) is 6.98. The molecule has 0 amide bonds. The first-order chi connectivity index (χ1) is 14.7. The molecule has 6 nitrogen and oxygen atoms in total. The van der Waals surface area contributed by atoms with E-state index in [0.717, 1.165) is 64.1 Å². The van der Waals surface area contributed by atoms with Gasteiger partial charge in [0.2, 0.25) is 0 Å². The molecule has 2 aliphatic heterocycles. The van der Waals surface area contributed by atoms with Crippen LogP contribution in [0.15, 0.2) is 29.3 Å². The molecule has 0 spiro atoms. The highest BCUT2D eigenvalue weighted by Gasteiger charge is 2.30. The standard InChI is InChI=1S/C22H35F3N6.HI/c1-26-21(27-14-20-16-29(2)11-12-30(20)3)28-19-7-9-31(10-8-19)15-17-5-4-6-18(13-17)22(23,24)25;/h4-6,13,19-20H,7-12,14-16H2,1-3H3,(H2,26,27,28);1H. The number of halogens is 4. The molecule has 32 heavy (non-hydrogen) atoms. The lowest BCUT2D eigenvalue weighted by Crippen LogP contribution is -2.56. The second-order valence-corrected chi connectivity index (χ2v) is 8.74. The summed E-state index contributed by atoms with van der Waals surface area (Å²) >= 11 is 0. The lowest BCUT2D eigenvalue weighted by molar-refractivity contribution is -0.137. The normalized spacial score (nSPS) is 22.4. The molecule has 1 atom stereocenters. The van der Waals surface area contributed by atoms with Gasteiger partial charge in [0, 0.05) is 64.9 Å². The van der Waals surface area contributed by atoms with Crippen LogP contribution >= 0.6 is 24.0 Å². The molecule has 2 aliphatic rings. The molecule has 1 aromatic rings. The van der Waals surface area contributed by atoms with Crippen molar-refractivity contribution >= 4 is 29.9 Å². The quantitative estimate of drug-likeness (QED) is 0.325. The molecule has 1 unspecified atom stereocenters. The van der Waals surface area contributed by atoms with Crippen molar-refractivity contribution in [3.05, 3.63) is 35.4 Å². The smallest absolute Gasteiger partial charge is 0.355 e. The van der Waals surface area contributed by atoms with Crippen LogP contribution in [0.5, 0.6) is 0 Å². The topological polar surface area (TPSA) is 46.1 Å². The summed E-state index contributed by atoms with van der Waals surface area (Å²) in [4.78, 5) is 11.3. The van der Waals surface area contributed by atoms with Gasteiger partial charge in [0.25, 0.3) is 0 Å². The Hall–Kier alpha value is -1.11. The molecule has 1 aromatic carbocycles. The molecule has 0 aliphatic carbocycles. The van der Waals surface area contributed by atoms with Crippen LogP contribution in [-0.4, -0.2) is 93.2 Å². The Balaban J connectivity index is 0.00000363. The molecule has 2 fully saturated rings. The highest BCUT2D eigenvalue weighted by Crippen LogP contribution is 2.30. The van der Waals surface area contributed by atoms with Crippen molar-refractivity contribution in [1.29, 1.82) is 0 Å². The van der Waals surface area contributed by atoms with E-state index >= 15 is 0 Å². The number of hydrogen-bond acceptors (Lipinski definition) is 4. The molecule has 2 N–H and O–H groups in total. The summed E-state index contributed by atoms with van der Waals surface area (Å²) in [6.07, 6.45) is -2.42. The van der Waals surface area contributed by atoms with E-state index in [4.69, 9.17) is 0 Å². The number of rotatable bonds is 5. The summed E-state index contributed by atoms with van der Waals surface area (Å²) in [6, 6.07) is 6.41. The number of benzene rings is 1. The first-order valence-corrected chi connectivity index (χ1v) is 11.0. The fourth-order valence-electron chi connectivity index (χ4n) is 4.26. The van der Waals surface area contributed by atoms with Crippen molar-refractivity contribution in [2.75, 3.05) is 60.4 Å². The first-order valence-electron chi connectivity index (χ1n) is 11.0. The van der Waals surface area contributed by atoms with E-state index < -0.39 is 11.7 Å². The average molecular weight is 568 g/mol. The van der Waals surface area contributed by atoms with E-state index in [-0.39, 0.29) is 24.0 Å². The van der Waals surface area contributed by atoms with E-state index in [0.29, 0.717) is 24.2 Å². The Kier molecular flexibility index (Phi) is 10.5. The van der Waals surface area contributed by atoms with Crippen molar-refractivity contribution in [3.8, 4) is 0 Å². The average Bonchev–Trinajstić information content (AvgIpc) is 2.74. The van der Waals surface area contributed by atoms with Crippen LogP contribution in [0.25, 0.3) is 0 Å². The van der Waals surface area contributed by atoms with Crippen LogP contribution in [0.2, 0.25) is 0 Å². The number of nitrogens with one attached hydrogen (secondary N) is 2. The predicted molar refractivity (Wildman–Crippen MR) is 134 cm³/mol. The maximum absolute atomic E-state index is 12.9. The third kappa shape index (κ3) is 8.03. The summed E-state index contributed by atoms with van der Waals surface area (Å²) in [7, 11) is 6.10. The van der Waals surface area contributed by atoms with Gasteiger partial charge >= 0.3 is 6.18 Å². The first kappa shape index (κ1) is 27.1. The zero-order valence-electron chi connectivity index (χ0n) is 19.2. The van der Waals surface area contributed by atoms with Gasteiger partial charge in [-0.15, -0.1) is 24.0 Å². The molecule has 0 saturated carbocycles. The van der Waals surface area contributed by atoms with Gasteiger partial charge in [0.1, 0.15) is 0 Å². The Morgan fingerprint density at radius 3 is 2.50 bits per heavy atom. The predicted octanol–water partition coefficient (Wildman–Crippen LogP) is 2.70. The van der Waals surface area contributed by atoms with Gasteiger partial charge in [-0.25, -0.2) is 0 Å². The fourth-order valence-corrected chi connectivity index (χ4v) is 4.26. The second-order valence-electron chi connectivity index (χ2n) is 8.74. The minimum Gasteiger partial charge on any atom is -0.355 e. The molecule has 182 valence electrons. The van der Waals surface area contributed by atoms with Gasteiger partial charge in [0.15, 0.2) is 5.96 Å². The number of piperidine rings is 1. The van der Waals surface area contributed by atoms with Crippen molar-refractivity contribution in [2.24, 2.45) is 4.99 Å². The largest absolute Gasteiger partial charge is 0.416 e. The van der Waals surface area contributed by atoms with E-state index in [1.807, 2.05) is 0 Å². The Labute approximate surface area is 206 Å². The van der Waals surface area contributed by atoms with E-state index in [9.17, 15) is 13.2 Å². The van der Waals surface area contributed by atoms with Gasteiger partial charge in [0.05, 0.1) is 5.56 Å². The van der Waals surface area contributed by atoms with E-state index in [1.54, 1.807) is 13.1 Å². The maximum atomic E-state index is 12.9. The highest BCUT2D eigenvalue weighted by atomic mass is 127. The van der Waals surface area contributed by atoms with Crippen LogP contribution in [-0.2, 0) is 12.7 Å². The lowest BCUT2D eigenvalue weighted by Gasteiger charge is -2.38. The number of piperazine rings is 1. The number of alkyl halides is 3. The minimum atomic E-state index is -4.29. The zero-order valence-corrected chi connectivity index (χ0v) is 21.5. The SMILES string of the molecule is CN=C(NCC1CN(C)CCN1C)NC1CCN(Cc2cccc(C(F)(F)F)c2)CC1.I. The number of aliphatic imine (C=N–C) groups is 1. The van der Waals surface area contributed by atoms with Crippen molar-refractivity contribution in [2.45, 2.75) is 37.6 Å². The second kappa shape index (κ2) is 12.4. The summed E-state index contributed by atoms with van der Waals surface area (Å²) in [6.45, 7) is 6.29. The zero-order chi connectivity index (χ0) is 22.4. The van der Waals surface area contributed by atoms with Gasteiger partial charge < -0.3 is 15.5 Å². The molecular formula is C22H36F3IN6. The minimum absolute atomic E-state index is 0. The molecule has 0 aromatic heterocycles. The third-order valence-corrected chi connectivity index (χ3v) is 6.30. The maximum Gasteiger partial charge on any atom is 0.416 e. The van der Waals surface area contributed by atoms with Crippen LogP contribution in [0, 0.1) is 0 Å². The molecule has 3 rings (SSSR count). The Morgan fingerprint density at radius 2 is 1.84 bits per heavy atom. The molecule has 0 bridgehead atoms.